The van der Waals surface area contributed by atoms with Gasteiger partial charge in [-0.15, -0.1) is 0 Å². The molecule has 0 saturated heterocycles. The van der Waals surface area contributed by atoms with Gasteiger partial charge in [-0.3, -0.25) is 0 Å². The lowest BCUT2D eigenvalue weighted by molar-refractivity contribution is 0.0696. The van der Waals surface area contributed by atoms with Crippen LogP contribution in [0.4, 0.5) is 11.4 Å². The lowest BCUT2D eigenvalue weighted by Crippen LogP contribution is -2.16. The van der Waals surface area contributed by atoms with E-state index < -0.39 is 11.9 Å². The highest BCUT2D eigenvalue weighted by Crippen LogP contribution is 2.26. The quantitative estimate of drug-likeness (QED) is 0.588. The molecule has 1 aromatic rings. The average Bonchev–Trinajstić information content (AvgIpc) is 2.41. The van der Waals surface area contributed by atoms with Gasteiger partial charge in [0.05, 0.1) is 22.5 Å². The average molecular weight is 308 g/mol. The fourth-order valence-corrected chi connectivity index (χ4v) is 1.87. The van der Waals surface area contributed by atoms with Crippen molar-refractivity contribution in [3.8, 4) is 0 Å². The summed E-state index contributed by atoms with van der Waals surface area (Å²) >= 11 is 0. The van der Waals surface area contributed by atoms with Gasteiger partial charge in [-0.1, -0.05) is 27.7 Å². The van der Waals surface area contributed by atoms with Crippen LogP contribution in [0.2, 0.25) is 0 Å². The first kappa shape index (κ1) is 17.8. The van der Waals surface area contributed by atoms with Crippen molar-refractivity contribution in [2.45, 2.75) is 27.7 Å². The molecular formula is C16H24N2O4. The van der Waals surface area contributed by atoms with E-state index in [0.29, 0.717) is 36.3 Å². The van der Waals surface area contributed by atoms with E-state index >= 15 is 0 Å². The molecule has 0 radical (unpaired) electrons. The van der Waals surface area contributed by atoms with Crippen molar-refractivity contribution < 1.29 is 19.8 Å². The summed E-state index contributed by atoms with van der Waals surface area (Å²) in [6.07, 6.45) is 0. The van der Waals surface area contributed by atoms with Gasteiger partial charge in [0.2, 0.25) is 0 Å². The minimum Gasteiger partial charge on any atom is -0.478 e. The van der Waals surface area contributed by atoms with Crippen molar-refractivity contribution in [2.75, 3.05) is 23.7 Å². The Morgan fingerprint density at radius 2 is 1.23 bits per heavy atom. The van der Waals surface area contributed by atoms with Gasteiger partial charge in [0.1, 0.15) is 0 Å². The summed E-state index contributed by atoms with van der Waals surface area (Å²) in [6, 6.07) is 2.77. The summed E-state index contributed by atoms with van der Waals surface area (Å²) in [5.74, 6) is -1.62. The Balaban J connectivity index is 3.25. The van der Waals surface area contributed by atoms with Crippen molar-refractivity contribution in [2.24, 2.45) is 11.8 Å². The van der Waals surface area contributed by atoms with Crippen LogP contribution in [0, 0.1) is 11.8 Å². The molecule has 6 nitrogen and oxygen atoms in total. The van der Waals surface area contributed by atoms with Crippen LogP contribution >= 0.6 is 0 Å². The Morgan fingerprint density at radius 3 is 1.50 bits per heavy atom. The zero-order chi connectivity index (χ0) is 16.9. The zero-order valence-electron chi connectivity index (χ0n) is 13.4. The number of hydrogen-bond acceptors (Lipinski definition) is 4. The van der Waals surface area contributed by atoms with E-state index in [2.05, 4.69) is 10.6 Å². The molecule has 0 amide bonds. The number of carboxylic acids is 2. The minimum atomic E-state index is -1.15. The van der Waals surface area contributed by atoms with Crippen LogP contribution in [0.5, 0.6) is 0 Å². The van der Waals surface area contributed by atoms with Crippen molar-refractivity contribution in [3.05, 3.63) is 23.3 Å². The highest BCUT2D eigenvalue weighted by molar-refractivity contribution is 6.02. The summed E-state index contributed by atoms with van der Waals surface area (Å²) in [6.45, 7) is 9.26. The molecule has 0 aliphatic heterocycles. The van der Waals surface area contributed by atoms with E-state index in [1.54, 1.807) is 6.07 Å². The summed E-state index contributed by atoms with van der Waals surface area (Å²) < 4.78 is 0. The van der Waals surface area contributed by atoms with Crippen LogP contribution in [0.3, 0.4) is 0 Å². The molecule has 0 heterocycles. The highest BCUT2D eigenvalue weighted by Gasteiger charge is 2.19. The van der Waals surface area contributed by atoms with Crippen LogP contribution < -0.4 is 10.6 Å². The van der Waals surface area contributed by atoms with Gasteiger partial charge >= 0.3 is 11.9 Å². The van der Waals surface area contributed by atoms with Crippen LogP contribution in [0.25, 0.3) is 0 Å². The lowest BCUT2D eigenvalue weighted by Gasteiger charge is -2.17. The normalized spacial score (nSPS) is 10.8. The van der Waals surface area contributed by atoms with Gasteiger partial charge in [-0.25, -0.2) is 9.59 Å². The zero-order valence-corrected chi connectivity index (χ0v) is 13.4. The number of hydrogen-bond donors (Lipinski definition) is 4. The molecule has 6 heteroatoms. The SMILES string of the molecule is CC(C)CNc1cc(NCC(C)C)c(C(=O)O)cc1C(=O)O. The Kier molecular flexibility index (Phi) is 6.22. The highest BCUT2D eigenvalue weighted by atomic mass is 16.4. The Labute approximate surface area is 130 Å². The van der Waals surface area contributed by atoms with Crippen LogP contribution in [-0.4, -0.2) is 35.2 Å². The van der Waals surface area contributed by atoms with E-state index in [4.69, 9.17) is 0 Å². The van der Waals surface area contributed by atoms with Gasteiger partial charge in [0, 0.05) is 13.1 Å². The number of aromatic carboxylic acids is 2. The van der Waals surface area contributed by atoms with Crippen LogP contribution in [0.1, 0.15) is 48.4 Å². The van der Waals surface area contributed by atoms with Crippen molar-refractivity contribution >= 4 is 23.3 Å². The van der Waals surface area contributed by atoms with E-state index in [0.717, 1.165) is 0 Å². The largest absolute Gasteiger partial charge is 0.478 e. The summed E-state index contributed by atoms with van der Waals surface area (Å²) in [7, 11) is 0. The molecular weight excluding hydrogens is 284 g/mol. The summed E-state index contributed by atoms with van der Waals surface area (Å²) in [4.78, 5) is 22.7. The maximum Gasteiger partial charge on any atom is 0.337 e. The smallest absolute Gasteiger partial charge is 0.337 e. The first-order chi connectivity index (χ1) is 10.2. The van der Waals surface area contributed by atoms with E-state index in [9.17, 15) is 19.8 Å². The number of nitrogens with one attached hydrogen (secondary N) is 2. The molecule has 0 spiro atoms. The molecule has 0 atom stereocenters. The number of carbonyl (C=O) groups is 2. The minimum absolute atomic E-state index is 0.0341. The number of anilines is 2. The second-order valence-electron chi connectivity index (χ2n) is 6.10. The summed E-state index contributed by atoms with van der Waals surface area (Å²) in [5.41, 5.74) is 0.788. The second kappa shape index (κ2) is 7.68. The molecule has 0 unspecified atom stereocenters. The predicted octanol–water partition coefficient (Wildman–Crippen LogP) is 3.22. The topological polar surface area (TPSA) is 98.7 Å². The predicted molar refractivity (Wildman–Crippen MR) is 87.0 cm³/mol. The molecule has 1 rings (SSSR count). The van der Waals surface area contributed by atoms with Crippen molar-refractivity contribution in [1.82, 2.24) is 0 Å². The molecule has 0 saturated carbocycles. The van der Waals surface area contributed by atoms with Crippen LogP contribution in [0.15, 0.2) is 12.1 Å². The second-order valence-corrected chi connectivity index (χ2v) is 6.10. The Bertz CT molecular complexity index is 508. The molecule has 0 bridgehead atoms. The first-order valence-electron chi connectivity index (χ1n) is 7.34. The molecule has 122 valence electrons. The van der Waals surface area contributed by atoms with Gasteiger partial charge in [0.15, 0.2) is 0 Å². The number of carboxylic acid groups (broad SMARTS) is 2. The molecule has 0 aliphatic rings. The molecule has 22 heavy (non-hydrogen) atoms. The van der Waals surface area contributed by atoms with Crippen molar-refractivity contribution in [3.63, 3.8) is 0 Å². The number of rotatable bonds is 8. The summed E-state index contributed by atoms with van der Waals surface area (Å²) in [5, 5.41) is 24.7. The molecule has 0 aromatic heterocycles. The van der Waals surface area contributed by atoms with Crippen LogP contribution in [-0.2, 0) is 0 Å². The Morgan fingerprint density at radius 1 is 0.864 bits per heavy atom. The standard InChI is InChI=1S/C16H24N2O4/c1-9(2)7-17-13-6-14(18-8-10(3)4)12(16(21)22)5-11(13)15(19)20/h5-6,9-10,17-18H,7-8H2,1-4H3,(H,19,20)(H,21,22). The fourth-order valence-electron chi connectivity index (χ4n) is 1.87. The molecule has 4 N–H and O–H groups in total. The maximum atomic E-state index is 11.4. The van der Waals surface area contributed by atoms with E-state index in [1.807, 2.05) is 27.7 Å². The monoisotopic (exact) mass is 308 g/mol. The third-order valence-corrected chi connectivity index (χ3v) is 3.02. The van der Waals surface area contributed by atoms with Gasteiger partial charge < -0.3 is 20.8 Å². The van der Waals surface area contributed by atoms with Gasteiger partial charge in [0.25, 0.3) is 0 Å². The third kappa shape index (κ3) is 4.95. The van der Waals surface area contributed by atoms with E-state index in [-0.39, 0.29) is 11.1 Å². The van der Waals surface area contributed by atoms with Gasteiger partial charge in [-0.05, 0) is 24.0 Å². The molecule has 0 aliphatic carbocycles. The Hall–Kier alpha value is -2.24. The fraction of sp³-hybridized carbons (Fsp3) is 0.500. The van der Waals surface area contributed by atoms with Gasteiger partial charge in [-0.2, -0.15) is 0 Å². The van der Waals surface area contributed by atoms with E-state index in [1.165, 1.54) is 6.07 Å². The molecule has 0 fully saturated rings. The lowest BCUT2D eigenvalue weighted by atomic mass is 10.0. The third-order valence-electron chi connectivity index (χ3n) is 3.02. The number of benzene rings is 1. The van der Waals surface area contributed by atoms with Crippen molar-refractivity contribution in [1.29, 1.82) is 0 Å². The first-order valence-corrected chi connectivity index (χ1v) is 7.34. The molecule has 1 aromatic carbocycles. The maximum absolute atomic E-state index is 11.4.